The highest BCUT2D eigenvalue weighted by Gasteiger charge is 2.29. The van der Waals surface area contributed by atoms with Gasteiger partial charge in [0.2, 0.25) is 5.91 Å². The molecule has 1 aliphatic rings. The Hall–Kier alpha value is -1.63. The topological polar surface area (TPSA) is 78.6 Å². The Morgan fingerprint density at radius 1 is 1.07 bits per heavy atom. The van der Waals surface area contributed by atoms with Crippen LogP contribution in [-0.4, -0.2) is 35.1 Å². The van der Waals surface area contributed by atoms with Crippen molar-refractivity contribution in [3.8, 4) is 0 Å². The molecule has 29 heavy (non-hydrogen) atoms. The van der Waals surface area contributed by atoms with Crippen LogP contribution in [0.25, 0.3) is 0 Å². The second kappa shape index (κ2) is 11.5. The van der Waals surface area contributed by atoms with E-state index < -0.39 is 5.54 Å². The van der Waals surface area contributed by atoms with E-state index >= 15 is 0 Å². The molecule has 1 unspecified atom stereocenters. The summed E-state index contributed by atoms with van der Waals surface area (Å²) >= 11 is 0. The molecule has 0 aliphatic carbocycles. The molecule has 1 atom stereocenters. The summed E-state index contributed by atoms with van der Waals surface area (Å²) in [7, 11) is 0. The number of piperidine rings is 1. The van der Waals surface area contributed by atoms with Crippen LogP contribution in [0.15, 0.2) is 54.6 Å². The highest BCUT2D eigenvalue weighted by Crippen LogP contribution is 2.18. The minimum absolute atomic E-state index is 0. The highest BCUT2D eigenvalue weighted by molar-refractivity contribution is 5.87. The van der Waals surface area contributed by atoms with Gasteiger partial charge in [-0.3, -0.25) is 9.69 Å². The maximum atomic E-state index is 12.5. The molecule has 0 saturated carbocycles. The molecule has 3 rings (SSSR count). The van der Waals surface area contributed by atoms with Crippen molar-refractivity contribution in [1.82, 2.24) is 10.2 Å². The van der Waals surface area contributed by atoms with Crippen LogP contribution in [0.1, 0.15) is 36.5 Å². The van der Waals surface area contributed by atoms with E-state index in [-0.39, 0.29) is 36.8 Å². The van der Waals surface area contributed by atoms with Crippen molar-refractivity contribution in [3.05, 3.63) is 71.3 Å². The molecule has 2 aromatic rings. The van der Waals surface area contributed by atoms with E-state index in [0.29, 0.717) is 6.54 Å². The minimum Gasteiger partial charge on any atom is -0.393 e. The van der Waals surface area contributed by atoms with Crippen LogP contribution in [0.3, 0.4) is 0 Å². The fraction of sp³-hybridized carbons (Fsp3) is 0.409. The van der Waals surface area contributed by atoms with Gasteiger partial charge in [0.25, 0.3) is 0 Å². The number of nitrogens with zero attached hydrogens (tertiary/aromatic N) is 1. The minimum atomic E-state index is -1.06. The maximum absolute atomic E-state index is 12.5. The number of hydrogen-bond donors (Lipinski definition) is 3. The third-order valence-electron chi connectivity index (χ3n) is 5.28. The Balaban J connectivity index is 0.00000210. The number of aliphatic hydroxyl groups is 1. The zero-order valence-electron chi connectivity index (χ0n) is 16.7. The molecule has 5 nitrogen and oxygen atoms in total. The summed E-state index contributed by atoms with van der Waals surface area (Å²) in [5.41, 5.74) is 8.28. The molecule has 0 spiro atoms. The molecule has 7 heteroatoms. The summed E-state index contributed by atoms with van der Waals surface area (Å²) in [4.78, 5) is 14.9. The third-order valence-corrected chi connectivity index (χ3v) is 5.28. The molecule has 1 amide bonds. The number of amides is 1. The number of carbonyl (C=O) groups is 1. The van der Waals surface area contributed by atoms with Gasteiger partial charge in [-0.25, -0.2) is 0 Å². The second-order valence-electron chi connectivity index (χ2n) is 7.57. The molecule has 0 bridgehead atoms. The molecule has 1 saturated heterocycles. The summed E-state index contributed by atoms with van der Waals surface area (Å²) in [5.74, 6) is -0.190. The Bertz CT molecular complexity index is 746. The van der Waals surface area contributed by atoms with Gasteiger partial charge in [0, 0.05) is 26.2 Å². The largest absolute Gasteiger partial charge is 0.393 e. The summed E-state index contributed by atoms with van der Waals surface area (Å²) in [6, 6.07) is 17.7. The van der Waals surface area contributed by atoms with Gasteiger partial charge in [-0.05, 0) is 36.5 Å². The molecule has 0 aromatic heterocycles. The lowest BCUT2D eigenvalue weighted by Gasteiger charge is -2.29. The number of rotatable bonds is 6. The van der Waals surface area contributed by atoms with E-state index in [9.17, 15) is 9.90 Å². The van der Waals surface area contributed by atoms with Crippen LogP contribution < -0.4 is 11.1 Å². The van der Waals surface area contributed by atoms with E-state index in [0.717, 1.165) is 43.6 Å². The van der Waals surface area contributed by atoms with E-state index in [1.807, 2.05) is 42.5 Å². The zero-order chi connectivity index (χ0) is 19.3. The summed E-state index contributed by atoms with van der Waals surface area (Å²) in [6.07, 6.45) is 1.56. The van der Waals surface area contributed by atoms with Crippen LogP contribution in [0, 0.1) is 0 Å². The van der Waals surface area contributed by atoms with Crippen LogP contribution in [0.5, 0.6) is 0 Å². The fourth-order valence-corrected chi connectivity index (χ4v) is 3.38. The Morgan fingerprint density at radius 2 is 1.62 bits per heavy atom. The number of hydrogen-bond acceptors (Lipinski definition) is 4. The molecular formula is C22H31Cl2N3O2. The zero-order valence-corrected chi connectivity index (χ0v) is 18.3. The molecular weight excluding hydrogens is 409 g/mol. The molecule has 4 N–H and O–H groups in total. The van der Waals surface area contributed by atoms with Crippen molar-refractivity contribution in [1.29, 1.82) is 0 Å². The summed E-state index contributed by atoms with van der Waals surface area (Å²) in [5, 5.41) is 12.5. The molecule has 0 radical (unpaired) electrons. The Morgan fingerprint density at radius 3 is 2.21 bits per heavy atom. The van der Waals surface area contributed by atoms with Gasteiger partial charge in [-0.1, -0.05) is 54.6 Å². The number of aliphatic hydroxyl groups excluding tert-OH is 1. The van der Waals surface area contributed by atoms with Crippen LogP contribution >= 0.6 is 24.8 Å². The summed E-state index contributed by atoms with van der Waals surface area (Å²) < 4.78 is 0. The molecule has 1 fully saturated rings. The lowest BCUT2D eigenvalue weighted by molar-refractivity contribution is -0.126. The van der Waals surface area contributed by atoms with Crippen LogP contribution in [0.2, 0.25) is 0 Å². The Labute approximate surface area is 185 Å². The lowest BCUT2D eigenvalue weighted by atomic mass is 9.92. The molecule has 1 aliphatic heterocycles. The number of nitrogens with one attached hydrogen (secondary N) is 1. The number of carbonyl (C=O) groups excluding carboxylic acids is 1. The monoisotopic (exact) mass is 439 g/mol. The van der Waals surface area contributed by atoms with Gasteiger partial charge in [0.15, 0.2) is 0 Å². The van der Waals surface area contributed by atoms with Crippen molar-refractivity contribution in [2.75, 3.05) is 13.1 Å². The van der Waals surface area contributed by atoms with Gasteiger partial charge in [-0.15, -0.1) is 24.8 Å². The van der Waals surface area contributed by atoms with Crippen molar-refractivity contribution >= 4 is 30.7 Å². The SMILES string of the molecule is CC(N)(C(=O)NCc1ccc(CN2CCC(O)CC2)cc1)c1ccccc1.Cl.Cl. The predicted octanol–water partition coefficient (Wildman–Crippen LogP) is 2.98. The van der Waals surface area contributed by atoms with Crippen molar-refractivity contribution in [2.45, 2.75) is 44.5 Å². The first-order chi connectivity index (χ1) is 12.9. The van der Waals surface area contributed by atoms with Gasteiger partial charge in [-0.2, -0.15) is 0 Å². The highest BCUT2D eigenvalue weighted by atomic mass is 35.5. The van der Waals surface area contributed by atoms with Crippen molar-refractivity contribution < 1.29 is 9.90 Å². The fourth-order valence-electron chi connectivity index (χ4n) is 3.38. The molecule has 1 heterocycles. The first-order valence-corrected chi connectivity index (χ1v) is 9.56. The lowest BCUT2D eigenvalue weighted by Crippen LogP contribution is -2.48. The van der Waals surface area contributed by atoms with Crippen molar-refractivity contribution in [2.24, 2.45) is 5.73 Å². The third kappa shape index (κ3) is 6.98. The van der Waals surface area contributed by atoms with E-state index in [1.165, 1.54) is 5.56 Å². The summed E-state index contributed by atoms with van der Waals surface area (Å²) in [6.45, 7) is 4.96. The van der Waals surface area contributed by atoms with Gasteiger partial charge >= 0.3 is 0 Å². The number of likely N-dealkylation sites (tertiary alicyclic amines) is 1. The first kappa shape index (κ1) is 25.4. The Kier molecular flexibility index (Phi) is 10.1. The second-order valence-corrected chi connectivity index (χ2v) is 7.57. The maximum Gasteiger partial charge on any atom is 0.244 e. The molecule has 2 aromatic carbocycles. The molecule has 160 valence electrons. The number of nitrogens with two attached hydrogens (primary N) is 1. The van der Waals surface area contributed by atoms with Crippen LogP contribution in [0.4, 0.5) is 0 Å². The standard InChI is InChI=1S/C22H29N3O2.2ClH/c1-22(23,19-5-3-2-4-6-19)21(27)24-15-17-7-9-18(10-8-17)16-25-13-11-20(26)12-14-25;;/h2-10,20,26H,11-16,23H2,1H3,(H,24,27);2*1H. The average Bonchev–Trinajstić information content (AvgIpc) is 2.69. The van der Waals surface area contributed by atoms with E-state index in [4.69, 9.17) is 5.73 Å². The predicted molar refractivity (Wildman–Crippen MR) is 121 cm³/mol. The van der Waals surface area contributed by atoms with Gasteiger partial charge in [0.05, 0.1) is 6.10 Å². The number of halogens is 2. The van der Waals surface area contributed by atoms with Crippen LogP contribution in [-0.2, 0) is 23.4 Å². The van der Waals surface area contributed by atoms with E-state index in [2.05, 4.69) is 22.3 Å². The van der Waals surface area contributed by atoms with Crippen molar-refractivity contribution in [3.63, 3.8) is 0 Å². The number of benzene rings is 2. The smallest absolute Gasteiger partial charge is 0.244 e. The van der Waals surface area contributed by atoms with Gasteiger partial charge in [0.1, 0.15) is 5.54 Å². The van der Waals surface area contributed by atoms with E-state index in [1.54, 1.807) is 6.92 Å². The van der Waals surface area contributed by atoms with Gasteiger partial charge < -0.3 is 16.2 Å². The quantitative estimate of drug-likeness (QED) is 0.646. The normalized spacial score (nSPS) is 16.8. The average molecular weight is 440 g/mol. The first-order valence-electron chi connectivity index (χ1n) is 9.56.